The molecule has 4 nitrogen and oxygen atoms in total. The van der Waals surface area contributed by atoms with Crippen LogP contribution in [0.15, 0.2) is 24.0 Å². The van der Waals surface area contributed by atoms with Gasteiger partial charge < -0.3 is 4.57 Å². The van der Waals surface area contributed by atoms with E-state index in [4.69, 9.17) is 5.84 Å². The molecular formula is C14H24N4. The summed E-state index contributed by atoms with van der Waals surface area (Å²) in [5.74, 6) is 6.78. The van der Waals surface area contributed by atoms with Gasteiger partial charge in [0.2, 0.25) is 0 Å². The highest BCUT2D eigenvalue weighted by Gasteiger charge is 2.17. The van der Waals surface area contributed by atoms with Crippen LogP contribution in [0.4, 0.5) is 0 Å². The maximum absolute atomic E-state index is 5.72. The van der Waals surface area contributed by atoms with Crippen LogP contribution in [0.1, 0.15) is 57.3 Å². The first-order valence-electron chi connectivity index (χ1n) is 7.00. The molecule has 0 saturated heterocycles. The number of nitrogens with one attached hydrogen (secondary N) is 1. The minimum absolute atomic E-state index is 0.135. The molecule has 2 rings (SSSR count). The molecule has 1 unspecified atom stereocenters. The van der Waals surface area contributed by atoms with Crippen molar-refractivity contribution in [1.82, 2.24) is 15.0 Å². The van der Waals surface area contributed by atoms with E-state index < -0.39 is 0 Å². The lowest BCUT2D eigenvalue weighted by atomic mass is 9.94. The van der Waals surface area contributed by atoms with Gasteiger partial charge in [0.25, 0.3) is 0 Å². The van der Waals surface area contributed by atoms with Gasteiger partial charge in [-0.3, -0.25) is 5.84 Å². The monoisotopic (exact) mass is 248 g/mol. The van der Waals surface area contributed by atoms with Crippen LogP contribution in [-0.2, 0) is 6.54 Å². The average molecular weight is 248 g/mol. The van der Waals surface area contributed by atoms with Gasteiger partial charge in [0.1, 0.15) is 5.82 Å². The van der Waals surface area contributed by atoms with Gasteiger partial charge in [-0.15, -0.1) is 0 Å². The molecule has 18 heavy (non-hydrogen) atoms. The van der Waals surface area contributed by atoms with Crippen LogP contribution in [0.25, 0.3) is 0 Å². The topological polar surface area (TPSA) is 55.9 Å². The Morgan fingerprint density at radius 2 is 2.39 bits per heavy atom. The predicted molar refractivity (Wildman–Crippen MR) is 73.8 cm³/mol. The van der Waals surface area contributed by atoms with Gasteiger partial charge in [-0.2, -0.15) is 0 Å². The minimum Gasteiger partial charge on any atom is -0.334 e. The molecule has 3 N–H and O–H groups in total. The number of allylic oxidation sites excluding steroid dienone is 1. The number of hydrogen-bond acceptors (Lipinski definition) is 3. The van der Waals surface area contributed by atoms with Gasteiger partial charge in [0.15, 0.2) is 0 Å². The molecular weight excluding hydrogens is 224 g/mol. The number of aryl methyl sites for hydroxylation is 1. The smallest absolute Gasteiger partial charge is 0.127 e. The Balaban J connectivity index is 2.07. The molecule has 0 radical (unpaired) electrons. The molecule has 100 valence electrons. The lowest BCUT2D eigenvalue weighted by molar-refractivity contribution is 0.476. The zero-order chi connectivity index (χ0) is 12.8. The molecule has 1 aliphatic carbocycles. The molecule has 0 bridgehead atoms. The summed E-state index contributed by atoms with van der Waals surface area (Å²) in [4.78, 5) is 4.46. The van der Waals surface area contributed by atoms with E-state index in [1.54, 1.807) is 0 Å². The molecule has 1 aromatic rings. The van der Waals surface area contributed by atoms with E-state index in [0.717, 1.165) is 25.2 Å². The Labute approximate surface area is 109 Å². The maximum atomic E-state index is 5.72. The van der Waals surface area contributed by atoms with E-state index in [0.29, 0.717) is 0 Å². The average Bonchev–Trinajstić information content (AvgIpc) is 2.86. The van der Waals surface area contributed by atoms with E-state index in [1.165, 1.54) is 31.3 Å². The van der Waals surface area contributed by atoms with Crippen LogP contribution in [0.5, 0.6) is 0 Å². The Morgan fingerprint density at radius 1 is 1.50 bits per heavy atom. The van der Waals surface area contributed by atoms with Crippen molar-refractivity contribution in [2.24, 2.45) is 5.84 Å². The predicted octanol–water partition coefficient (Wildman–Crippen LogP) is 2.69. The Kier molecular flexibility index (Phi) is 4.96. The molecule has 0 amide bonds. The molecule has 1 aromatic heterocycles. The van der Waals surface area contributed by atoms with Gasteiger partial charge in [-0.25, -0.2) is 10.4 Å². The summed E-state index contributed by atoms with van der Waals surface area (Å²) >= 11 is 0. The summed E-state index contributed by atoms with van der Waals surface area (Å²) in [6, 6.07) is 0.135. The third-order valence-corrected chi connectivity index (χ3v) is 3.58. The number of nitrogens with zero attached hydrogens (tertiary/aromatic N) is 2. The van der Waals surface area contributed by atoms with Crippen molar-refractivity contribution >= 4 is 0 Å². The zero-order valence-electron chi connectivity index (χ0n) is 11.2. The van der Waals surface area contributed by atoms with Gasteiger partial charge in [-0.05, 0) is 38.5 Å². The van der Waals surface area contributed by atoms with Crippen LogP contribution in [0.2, 0.25) is 0 Å². The number of hydrazine groups is 1. The van der Waals surface area contributed by atoms with Gasteiger partial charge in [-0.1, -0.05) is 18.6 Å². The Bertz CT molecular complexity index is 394. The molecule has 0 saturated carbocycles. The third kappa shape index (κ3) is 3.21. The Morgan fingerprint density at radius 3 is 3.06 bits per heavy atom. The maximum Gasteiger partial charge on any atom is 0.127 e. The Hall–Kier alpha value is -1.13. The van der Waals surface area contributed by atoms with E-state index >= 15 is 0 Å². The molecule has 1 aliphatic rings. The lowest BCUT2D eigenvalue weighted by Crippen LogP contribution is -2.30. The minimum atomic E-state index is 0.135. The van der Waals surface area contributed by atoms with Crippen molar-refractivity contribution in [3.63, 3.8) is 0 Å². The standard InChI is InChI=1S/C14H24N4/c1-2-9-18-10-8-16-14(18)13(17-15)11-12-6-4-3-5-7-12/h6,8,10,13,17H,2-5,7,9,11,15H2,1H3. The normalized spacial score (nSPS) is 17.6. The van der Waals surface area contributed by atoms with Crippen molar-refractivity contribution in [3.8, 4) is 0 Å². The second-order valence-corrected chi connectivity index (χ2v) is 5.01. The van der Waals surface area contributed by atoms with Crippen molar-refractivity contribution in [2.45, 2.75) is 58.0 Å². The fourth-order valence-electron chi connectivity index (χ4n) is 2.64. The summed E-state index contributed by atoms with van der Waals surface area (Å²) in [6.07, 6.45) is 13.5. The quantitative estimate of drug-likeness (QED) is 0.462. The van der Waals surface area contributed by atoms with Gasteiger partial charge >= 0.3 is 0 Å². The van der Waals surface area contributed by atoms with Crippen LogP contribution >= 0.6 is 0 Å². The van der Waals surface area contributed by atoms with Crippen molar-refractivity contribution in [1.29, 1.82) is 0 Å². The fourth-order valence-corrected chi connectivity index (χ4v) is 2.64. The molecule has 0 fully saturated rings. The summed E-state index contributed by atoms with van der Waals surface area (Å²) in [5.41, 5.74) is 4.45. The highest BCUT2D eigenvalue weighted by atomic mass is 15.3. The SMILES string of the molecule is CCCn1ccnc1C(CC1=CCCCC1)NN. The second-order valence-electron chi connectivity index (χ2n) is 5.01. The van der Waals surface area contributed by atoms with Crippen molar-refractivity contribution in [3.05, 3.63) is 29.9 Å². The molecule has 0 spiro atoms. The van der Waals surface area contributed by atoms with Crippen LogP contribution in [0.3, 0.4) is 0 Å². The number of imidazole rings is 1. The molecule has 0 aromatic carbocycles. The number of aromatic nitrogens is 2. The van der Waals surface area contributed by atoms with Crippen LogP contribution in [0, 0.1) is 0 Å². The van der Waals surface area contributed by atoms with E-state index in [1.807, 2.05) is 12.4 Å². The molecule has 4 heteroatoms. The molecule has 1 atom stereocenters. The first kappa shape index (κ1) is 13.3. The van der Waals surface area contributed by atoms with E-state index in [9.17, 15) is 0 Å². The van der Waals surface area contributed by atoms with Crippen molar-refractivity contribution in [2.75, 3.05) is 0 Å². The number of hydrogen-bond donors (Lipinski definition) is 2. The largest absolute Gasteiger partial charge is 0.334 e. The van der Waals surface area contributed by atoms with Crippen LogP contribution in [-0.4, -0.2) is 9.55 Å². The summed E-state index contributed by atoms with van der Waals surface area (Å²) in [7, 11) is 0. The highest BCUT2D eigenvalue weighted by molar-refractivity contribution is 5.11. The van der Waals surface area contributed by atoms with Crippen molar-refractivity contribution < 1.29 is 0 Å². The first-order valence-corrected chi connectivity index (χ1v) is 7.00. The van der Waals surface area contributed by atoms with Crippen LogP contribution < -0.4 is 11.3 Å². The molecule has 1 heterocycles. The number of nitrogens with two attached hydrogens (primary N) is 1. The summed E-state index contributed by atoms with van der Waals surface area (Å²) in [5, 5.41) is 0. The zero-order valence-corrected chi connectivity index (χ0v) is 11.2. The number of rotatable bonds is 6. The molecule has 0 aliphatic heterocycles. The fraction of sp³-hybridized carbons (Fsp3) is 0.643. The summed E-state index contributed by atoms with van der Waals surface area (Å²) < 4.78 is 2.20. The van der Waals surface area contributed by atoms with Gasteiger partial charge in [0, 0.05) is 18.9 Å². The third-order valence-electron chi connectivity index (χ3n) is 3.58. The lowest BCUT2D eigenvalue weighted by Gasteiger charge is -2.20. The highest BCUT2D eigenvalue weighted by Crippen LogP contribution is 2.26. The van der Waals surface area contributed by atoms with E-state index in [-0.39, 0.29) is 6.04 Å². The summed E-state index contributed by atoms with van der Waals surface area (Å²) in [6.45, 7) is 3.19. The van der Waals surface area contributed by atoms with E-state index in [2.05, 4.69) is 28.0 Å². The second kappa shape index (κ2) is 6.71. The first-order chi connectivity index (χ1) is 8.85. The van der Waals surface area contributed by atoms with Gasteiger partial charge in [0.05, 0.1) is 6.04 Å².